The number of benzene rings is 17. The molecule has 0 fully saturated rings. The van der Waals surface area contributed by atoms with Gasteiger partial charge in [0.05, 0.1) is 34.1 Å². The monoisotopic (exact) mass is 1320 g/mol. The second-order valence-electron chi connectivity index (χ2n) is 26.5. The Morgan fingerprint density at radius 2 is 0.392 bits per heavy atom. The molecule has 0 amide bonds. The van der Waals surface area contributed by atoms with Gasteiger partial charge in [-0.15, -0.1) is 0 Å². The highest BCUT2D eigenvalue weighted by molar-refractivity contribution is 6.25. The van der Waals surface area contributed by atoms with E-state index in [9.17, 15) is 0 Å². The van der Waals surface area contributed by atoms with Crippen LogP contribution in [0.1, 0.15) is 33.4 Å². The van der Waals surface area contributed by atoms with Crippen LogP contribution in [-0.4, -0.2) is 0 Å². The third kappa shape index (κ3) is 13.7. The van der Waals surface area contributed by atoms with Gasteiger partial charge in [0.25, 0.3) is 0 Å². The van der Waals surface area contributed by atoms with Crippen LogP contribution in [0.5, 0.6) is 0 Å². The summed E-state index contributed by atoms with van der Waals surface area (Å²) in [6.45, 7) is 12.8. The number of para-hydroxylation sites is 2. The zero-order chi connectivity index (χ0) is 69.5. The lowest BCUT2D eigenvalue weighted by atomic mass is 9.95. The van der Waals surface area contributed by atoms with Crippen molar-refractivity contribution in [2.45, 2.75) is 41.5 Å². The molecule has 0 atom stereocenters. The molecule has 102 heavy (non-hydrogen) atoms. The van der Waals surface area contributed by atoms with Gasteiger partial charge in [-0.25, -0.2) is 0 Å². The van der Waals surface area contributed by atoms with Gasteiger partial charge in [-0.3, -0.25) is 0 Å². The summed E-state index contributed by atoms with van der Waals surface area (Å²) < 4.78 is 0. The van der Waals surface area contributed by atoms with Crippen molar-refractivity contribution in [3.8, 4) is 0 Å². The molecule has 17 rings (SSSR count). The van der Waals surface area contributed by atoms with Crippen molar-refractivity contribution in [3.05, 3.63) is 385 Å². The minimum absolute atomic E-state index is 1.09. The maximum absolute atomic E-state index is 3.70. The van der Waals surface area contributed by atoms with E-state index in [1.165, 1.54) is 109 Å². The minimum Gasteiger partial charge on any atom is -0.355 e. The molecule has 0 aliphatic carbocycles. The second kappa shape index (κ2) is 29.3. The van der Waals surface area contributed by atoms with E-state index < -0.39 is 0 Å². The van der Waals surface area contributed by atoms with Crippen molar-refractivity contribution in [2.75, 3.05) is 31.1 Å². The predicted molar refractivity (Wildman–Crippen MR) is 441 cm³/mol. The molecule has 494 valence electrons. The number of anilines is 14. The molecule has 0 aliphatic rings. The maximum Gasteiger partial charge on any atom is 0.0619 e. The van der Waals surface area contributed by atoms with Gasteiger partial charge in [-0.1, -0.05) is 266 Å². The van der Waals surface area contributed by atoms with Crippen molar-refractivity contribution >= 4 is 144 Å². The lowest BCUT2D eigenvalue weighted by Gasteiger charge is -2.33. The Hall–Kier alpha value is -12.9. The molecule has 0 saturated carbocycles. The molecule has 0 heterocycles. The molecular formula is C96H80N6. The minimum atomic E-state index is 1.09. The summed E-state index contributed by atoms with van der Waals surface area (Å²) >= 11 is 0. The summed E-state index contributed by atoms with van der Waals surface area (Å²) in [5, 5.41) is 29.2. The molecular weight excluding hydrogens is 1240 g/mol. The van der Waals surface area contributed by atoms with Crippen molar-refractivity contribution in [1.29, 1.82) is 0 Å². The van der Waals surface area contributed by atoms with E-state index in [4.69, 9.17) is 0 Å². The summed E-state index contributed by atoms with van der Waals surface area (Å²) in [5.41, 5.74) is 23.3. The predicted octanol–water partition coefficient (Wildman–Crippen LogP) is 27.7. The number of hydrogen-bond donors (Lipinski definition) is 4. The number of hydrogen-bond acceptors (Lipinski definition) is 6. The molecule has 0 unspecified atom stereocenters. The van der Waals surface area contributed by atoms with E-state index in [1.807, 2.05) is 0 Å². The number of aryl methyl sites for hydroxylation is 6. The third-order valence-corrected chi connectivity index (χ3v) is 18.9. The average molecular weight is 1320 g/mol. The first-order valence-corrected chi connectivity index (χ1v) is 35.1. The molecule has 17 aromatic carbocycles. The van der Waals surface area contributed by atoms with Crippen molar-refractivity contribution in [3.63, 3.8) is 0 Å². The van der Waals surface area contributed by atoms with Crippen LogP contribution in [0.4, 0.5) is 79.6 Å². The standard InChI is InChI=1S/C40H32N2.2C28H24N2/c1-29-15-13-21-33(27-29)41(31-17-5-3-6-18-31)39-35-23-9-11-25-37(35)40(38-26-12-10-24-36(38)39)42(32-19-7-4-8-20-32)34-22-14-16-30(2)28-34;1-19-9-7-11-21(17-19)29-27-23-13-3-5-15-25(23)28(26-16-6-4-14-24(26)27)30-22-12-8-10-20(2)18-22;1-19-11-15-21(16-12-19)29-27-23-7-3-5-9-25(23)28(26-10-6-4-8-24(26)27)30-22-17-13-20(2)14-18-22/h3-28H,1-2H3;2*3-18,29-30H,1-2H3. The van der Waals surface area contributed by atoms with E-state index >= 15 is 0 Å². The maximum atomic E-state index is 3.70. The van der Waals surface area contributed by atoms with E-state index in [-0.39, 0.29) is 0 Å². The normalized spacial score (nSPS) is 11.0. The third-order valence-electron chi connectivity index (χ3n) is 18.9. The molecule has 4 N–H and O–H groups in total. The Balaban J connectivity index is 0.000000126. The molecule has 0 spiro atoms. The van der Waals surface area contributed by atoms with Crippen LogP contribution < -0.4 is 31.1 Å². The number of nitrogens with zero attached hydrogens (tertiary/aromatic N) is 2. The number of fused-ring (bicyclic) bond motifs is 6. The van der Waals surface area contributed by atoms with Crippen LogP contribution in [-0.2, 0) is 0 Å². The van der Waals surface area contributed by atoms with Gasteiger partial charge in [0.2, 0.25) is 0 Å². The van der Waals surface area contributed by atoms with Crippen LogP contribution in [0.3, 0.4) is 0 Å². The molecule has 0 radical (unpaired) electrons. The Bertz CT molecular complexity index is 5320. The summed E-state index contributed by atoms with van der Waals surface area (Å²) in [6.07, 6.45) is 0. The van der Waals surface area contributed by atoms with E-state index in [0.29, 0.717) is 0 Å². The van der Waals surface area contributed by atoms with E-state index in [2.05, 4.69) is 424 Å². The first-order chi connectivity index (χ1) is 50.1. The molecule has 0 bridgehead atoms. The molecule has 6 heteroatoms. The Kier molecular flexibility index (Phi) is 18.7. The SMILES string of the molecule is Cc1ccc(Nc2c3ccccc3c(Nc3ccc(C)cc3)c3ccccc23)cc1.Cc1cccc(N(c2ccccc2)c2c3ccccc3c(N(c3ccccc3)c3cccc(C)c3)c3ccccc23)c1.Cc1cccc(Nc2c3ccccc3c(Nc3cccc(C)c3)c3ccccc23)c1. The quantitative estimate of drug-likeness (QED) is 0.0643. The summed E-state index contributed by atoms with van der Waals surface area (Å²) in [4.78, 5) is 4.84. The molecule has 6 nitrogen and oxygen atoms in total. The lowest BCUT2D eigenvalue weighted by Crippen LogP contribution is -2.14. The lowest BCUT2D eigenvalue weighted by molar-refractivity contribution is 1.28. The fourth-order valence-corrected chi connectivity index (χ4v) is 14.2. The molecule has 0 aliphatic heterocycles. The molecule has 17 aromatic rings. The first-order valence-electron chi connectivity index (χ1n) is 35.1. The largest absolute Gasteiger partial charge is 0.355 e. The molecule has 0 aromatic heterocycles. The van der Waals surface area contributed by atoms with Crippen LogP contribution in [0.25, 0.3) is 64.6 Å². The summed E-state index contributed by atoms with van der Waals surface area (Å²) in [7, 11) is 0. The Labute approximate surface area is 598 Å². The van der Waals surface area contributed by atoms with E-state index in [0.717, 1.165) is 68.2 Å². The van der Waals surface area contributed by atoms with Crippen LogP contribution >= 0.6 is 0 Å². The van der Waals surface area contributed by atoms with Crippen LogP contribution in [0, 0.1) is 41.5 Å². The fraction of sp³-hybridized carbons (Fsp3) is 0.0625. The fourth-order valence-electron chi connectivity index (χ4n) is 14.2. The van der Waals surface area contributed by atoms with Gasteiger partial charge < -0.3 is 31.1 Å². The highest BCUT2D eigenvalue weighted by Gasteiger charge is 2.26. The van der Waals surface area contributed by atoms with Gasteiger partial charge in [0.15, 0.2) is 0 Å². The van der Waals surface area contributed by atoms with Gasteiger partial charge in [-0.2, -0.15) is 0 Å². The summed E-state index contributed by atoms with van der Waals surface area (Å²) in [5.74, 6) is 0. The van der Waals surface area contributed by atoms with E-state index in [1.54, 1.807) is 0 Å². The zero-order valence-corrected chi connectivity index (χ0v) is 58.4. The van der Waals surface area contributed by atoms with Gasteiger partial charge in [0.1, 0.15) is 0 Å². The highest BCUT2D eigenvalue weighted by atomic mass is 15.2. The van der Waals surface area contributed by atoms with Crippen LogP contribution in [0.2, 0.25) is 0 Å². The van der Waals surface area contributed by atoms with Crippen molar-refractivity contribution in [1.82, 2.24) is 0 Å². The zero-order valence-electron chi connectivity index (χ0n) is 58.4. The number of rotatable bonds is 14. The smallest absolute Gasteiger partial charge is 0.0619 e. The Morgan fingerprint density at radius 1 is 0.167 bits per heavy atom. The van der Waals surface area contributed by atoms with Gasteiger partial charge >= 0.3 is 0 Å². The summed E-state index contributed by atoms with van der Waals surface area (Å²) in [6, 6.07) is 125. The number of nitrogens with one attached hydrogen (secondary N) is 4. The second-order valence-corrected chi connectivity index (χ2v) is 26.5. The van der Waals surface area contributed by atoms with Gasteiger partial charge in [-0.05, 0) is 161 Å². The average Bonchev–Trinajstić information content (AvgIpc) is 0.746. The highest BCUT2D eigenvalue weighted by Crippen LogP contribution is 2.52. The van der Waals surface area contributed by atoms with Crippen molar-refractivity contribution in [2.24, 2.45) is 0 Å². The Morgan fingerprint density at radius 3 is 0.657 bits per heavy atom. The van der Waals surface area contributed by atoms with Gasteiger partial charge in [0, 0.05) is 110 Å². The van der Waals surface area contributed by atoms with Crippen molar-refractivity contribution < 1.29 is 0 Å². The molecule has 0 saturated heterocycles. The topological polar surface area (TPSA) is 54.6 Å². The first kappa shape index (κ1) is 65.1. The van der Waals surface area contributed by atoms with Crippen LogP contribution in [0.15, 0.2) is 352 Å².